The first-order chi connectivity index (χ1) is 7.66. The Kier molecular flexibility index (Phi) is 3.41. The molecule has 2 rings (SSSR count). The van der Waals surface area contributed by atoms with Crippen LogP contribution in [0.4, 0.5) is 4.39 Å². The van der Waals surface area contributed by atoms with Crippen molar-refractivity contribution in [3.05, 3.63) is 29.6 Å². The van der Waals surface area contributed by atoms with Gasteiger partial charge in [0.05, 0.1) is 18.9 Å². The summed E-state index contributed by atoms with van der Waals surface area (Å²) in [6, 6.07) is 4.99. The normalized spacial score (nSPS) is 20.4. The molecule has 1 N–H and O–H groups in total. The largest absolute Gasteiger partial charge is 0.488 e. The molecule has 1 aromatic rings. The average Bonchev–Trinajstić information content (AvgIpc) is 2.73. The first-order valence-electron chi connectivity index (χ1n) is 5.45. The fourth-order valence-corrected chi connectivity index (χ4v) is 1.69. The lowest BCUT2D eigenvalue weighted by Gasteiger charge is -2.13. The molecule has 88 valence electrons. The molecule has 0 aliphatic carbocycles. The van der Waals surface area contributed by atoms with Crippen molar-refractivity contribution in [3.8, 4) is 5.75 Å². The minimum atomic E-state index is -0.332. The Hall–Kier alpha value is -1.13. The van der Waals surface area contributed by atoms with E-state index in [1.165, 1.54) is 6.07 Å². The second-order valence-corrected chi connectivity index (χ2v) is 4.11. The lowest BCUT2D eigenvalue weighted by atomic mass is 10.1. The monoisotopic (exact) mass is 225 g/mol. The van der Waals surface area contributed by atoms with Crippen LogP contribution in [-0.4, -0.2) is 19.4 Å². The second-order valence-electron chi connectivity index (χ2n) is 4.11. The van der Waals surface area contributed by atoms with Gasteiger partial charge >= 0.3 is 0 Å². The molecule has 0 radical (unpaired) electrons. The Morgan fingerprint density at radius 1 is 1.50 bits per heavy atom. The van der Waals surface area contributed by atoms with Gasteiger partial charge in [0.25, 0.3) is 0 Å². The number of nitrogens with one attached hydrogen (secondary N) is 1. The number of hydrogen-bond acceptors (Lipinski definition) is 3. The smallest absolute Gasteiger partial charge is 0.165 e. The number of rotatable bonds is 3. The molecule has 0 amide bonds. The molecule has 1 atom stereocenters. The van der Waals surface area contributed by atoms with E-state index in [0.29, 0.717) is 12.5 Å². The predicted molar refractivity (Wildman–Crippen MR) is 58.9 cm³/mol. The van der Waals surface area contributed by atoms with Crippen molar-refractivity contribution in [1.82, 2.24) is 5.32 Å². The molecular weight excluding hydrogens is 209 g/mol. The van der Waals surface area contributed by atoms with Crippen molar-refractivity contribution >= 4 is 0 Å². The van der Waals surface area contributed by atoms with Gasteiger partial charge in [0.2, 0.25) is 0 Å². The molecule has 1 fully saturated rings. The summed E-state index contributed by atoms with van der Waals surface area (Å²) in [4.78, 5) is 0. The number of benzene rings is 1. The summed E-state index contributed by atoms with van der Waals surface area (Å²) in [5.74, 6) is -0.0357. The van der Waals surface area contributed by atoms with Gasteiger partial charge in [0, 0.05) is 6.54 Å². The Morgan fingerprint density at radius 3 is 2.88 bits per heavy atom. The molecule has 0 saturated carbocycles. The van der Waals surface area contributed by atoms with Crippen LogP contribution in [0.5, 0.6) is 5.75 Å². The van der Waals surface area contributed by atoms with Crippen molar-refractivity contribution < 1.29 is 13.9 Å². The van der Waals surface area contributed by atoms with Crippen molar-refractivity contribution in [2.75, 3.05) is 13.3 Å². The summed E-state index contributed by atoms with van der Waals surface area (Å²) in [7, 11) is 0. The number of halogens is 1. The average molecular weight is 225 g/mol. The van der Waals surface area contributed by atoms with E-state index in [-0.39, 0.29) is 18.0 Å². The van der Waals surface area contributed by atoms with Gasteiger partial charge in [-0.2, -0.15) is 0 Å². The van der Waals surface area contributed by atoms with Crippen LogP contribution >= 0.6 is 0 Å². The fourth-order valence-electron chi connectivity index (χ4n) is 1.69. The molecule has 1 saturated heterocycles. The van der Waals surface area contributed by atoms with E-state index < -0.39 is 0 Å². The van der Waals surface area contributed by atoms with E-state index in [0.717, 1.165) is 12.1 Å². The van der Waals surface area contributed by atoms with Gasteiger partial charge in [0.15, 0.2) is 11.6 Å². The maximum atomic E-state index is 13.7. The van der Waals surface area contributed by atoms with E-state index in [2.05, 4.69) is 5.32 Å². The standard InChI is InChI=1S/C12H16FNO2/c1-8(2)16-11-4-3-9(5-10(11)13)12-6-14-7-15-12/h3-5,8,12,14H,6-7H2,1-2H3. The second kappa shape index (κ2) is 4.80. The first-order valence-corrected chi connectivity index (χ1v) is 5.45. The van der Waals surface area contributed by atoms with Gasteiger partial charge in [-0.05, 0) is 31.5 Å². The maximum Gasteiger partial charge on any atom is 0.165 e. The van der Waals surface area contributed by atoms with Crippen molar-refractivity contribution in [2.45, 2.75) is 26.1 Å². The van der Waals surface area contributed by atoms with Gasteiger partial charge in [-0.15, -0.1) is 0 Å². The molecule has 1 unspecified atom stereocenters. The molecule has 1 aromatic carbocycles. The Morgan fingerprint density at radius 2 is 2.31 bits per heavy atom. The molecule has 4 heteroatoms. The number of ether oxygens (including phenoxy) is 2. The van der Waals surface area contributed by atoms with Crippen LogP contribution in [0.15, 0.2) is 18.2 Å². The zero-order chi connectivity index (χ0) is 11.5. The molecule has 1 aliphatic rings. The summed E-state index contributed by atoms with van der Waals surface area (Å²) in [6.07, 6.45) is -0.0765. The van der Waals surface area contributed by atoms with Crippen LogP contribution in [0.3, 0.4) is 0 Å². The van der Waals surface area contributed by atoms with E-state index in [9.17, 15) is 4.39 Å². The molecular formula is C12H16FNO2. The molecule has 1 aliphatic heterocycles. The summed E-state index contributed by atoms with van der Waals surface area (Å²) in [5.41, 5.74) is 0.846. The molecule has 0 bridgehead atoms. The lowest BCUT2D eigenvalue weighted by Crippen LogP contribution is -2.09. The van der Waals surface area contributed by atoms with Crippen molar-refractivity contribution in [2.24, 2.45) is 0 Å². The van der Waals surface area contributed by atoms with Crippen molar-refractivity contribution in [3.63, 3.8) is 0 Å². The number of hydrogen-bond donors (Lipinski definition) is 1. The van der Waals surface area contributed by atoms with E-state index in [1.54, 1.807) is 6.07 Å². The highest BCUT2D eigenvalue weighted by Crippen LogP contribution is 2.25. The third kappa shape index (κ3) is 2.51. The Bertz CT molecular complexity index is 362. The van der Waals surface area contributed by atoms with Crippen LogP contribution in [0, 0.1) is 5.82 Å². The summed E-state index contributed by atoms with van der Waals surface area (Å²) in [6.45, 7) is 5.00. The summed E-state index contributed by atoms with van der Waals surface area (Å²) < 4.78 is 24.4. The van der Waals surface area contributed by atoms with E-state index in [1.807, 2.05) is 19.9 Å². The topological polar surface area (TPSA) is 30.5 Å². The summed E-state index contributed by atoms with van der Waals surface area (Å²) >= 11 is 0. The first kappa shape index (κ1) is 11.4. The molecule has 0 spiro atoms. The highest BCUT2D eigenvalue weighted by molar-refractivity contribution is 5.31. The van der Waals surface area contributed by atoms with Gasteiger partial charge in [-0.25, -0.2) is 4.39 Å². The Labute approximate surface area is 94.6 Å². The molecule has 3 nitrogen and oxygen atoms in total. The minimum absolute atomic E-state index is 0.0234. The highest BCUT2D eigenvalue weighted by Gasteiger charge is 2.18. The SMILES string of the molecule is CC(C)Oc1ccc(C2CNCO2)cc1F. The maximum absolute atomic E-state index is 13.7. The predicted octanol–water partition coefficient (Wildman–Crippen LogP) is 2.23. The van der Waals surface area contributed by atoms with Crippen LogP contribution in [0.1, 0.15) is 25.5 Å². The van der Waals surface area contributed by atoms with Crippen LogP contribution < -0.4 is 10.1 Å². The minimum Gasteiger partial charge on any atom is -0.488 e. The van der Waals surface area contributed by atoms with E-state index >= 15 is 0 Å². The third-order valence-electron chi connectivity index (χ3n) is 2.41. The lowest BCUT2D eigenvalue weighted by molar-refractivity contribution is 0.114. The quantitative estimate of drug-likeness (QED) is 0.855. The summed E-state index contributed by atoms with van der Waals surface area (Å²) in [5, 5.41) is 3.06. The molecule has 16 heavy (non-hydrogen) atoms. The zero-order valence-corrected chi connectivity index (χ0v) is 9.50. The Balaban J connectivity index is 2.15. The molecule has 1 heterocycles. The van der Waals surface area contributed by atoms with Crippen LogP contribution in [0.25, 0.3) is 0 Å². The van der Waals surface area contributed by atoms with Gasteiger partial charge in [-0.3, -0.25) is 5.32 Å². The van der Waals surface area contributed by atoms with Gasteiger partial charge in [0.1, 0.15) is 0 Å². The zero-order valence-electron chi connectivity index (χ0n) is 9.50. The highest BCUT2D eigenvalue weighted by atomic mass is 19.1. The van der Waals surface area contributed by atoms with E-state index in [4.69, 9.17) is 9.47 Å². The van der Waals surface area contributed by atoms with Gasteiger partial charge < -0.3 is 9.47 Å². The van der Waals surface area contributed by atoms with Crippen LogP contribution in [-0.2, 0) is 4.74 Å². The fraction of sp³-hybridized carbons (Fsp3) is 0.500. The third-order valence-corrected chi connectivity index (χ3v) is 2.41. The van der Waals surface area contributed by atoms with Crippen molar-refractivity contribution in [1.29, 1.82) is 0 Å². The van der Waals surface area contributed by atoms with Crippen LogP contribution in [0.2, 0.25) is 0 Å². The molecule has 0 aromatic heterocycles. The van der Waals surface area contributed by atoms with Gasteiger partial charge in [-0.1, -0.05) is 6.07 Å².